The second-order valence-corrected chi connectivity index (χ2v) is 5.35. The molecule has 0 aliphatic carbocycles. The molecule has 19 heavy (non-hydrogen) atoms. The number of nitrogens with one attached hydrogen (secondary N) is 1. The normalized spacial score (nSPS) is 10.7. The molecule has 0 aliphatic rings. The molecule has 0 saturated carbocycles. The quantitative estimate of drug-likeness (QED) is 0.793. The summed E-state index contributed by atoms with van der Waals surface area (Å²) < 4.78 is 27.5. The Hall–Kier alpha value is -0.970. The summed E-state index contributed by atoms with van der Waals surface area (Å²) in [6, 6.07) is 9.90. The summed E-state index contributed by atoms with van der Waals surface area (Å²) in [5.74, 6) is -1.13. The van der Waals surface area contributed by atoms with Gasteiger partial charge in [0.05, 0.1) is 4.47 Å². The van der Waals surface area contributed by atoms with Gasteiger partial charge in [-0.15, -0.1) is 0 Å². The molecule has 2 aromatic rings. The zero-order chi connectivity index (χ0) is 13.8. The Morgan fingerprint density at radius 1 is 1.11 bits per heavy atom. The first kappa shape index (κ1) is 14.4. The van der Waals surface area contributed by atoms with Crippen LogP contribution >= 0.6 is 27.5 Å². The van der Waals surface area contributed by atoms with Crippen LogP contribution in [0, 0.1) is 11.6 Å². The summed E-state index contributed by atoms with van der Waals surface area (Å²) in [5.41, 5.74) is 0.986. The van der Waals surface area contributed by atoms with Crippen LogP contribution in [0.3, 0.4) is 0 Å². The topological polar surface area (TPSA) is 12.0 Å². The van der Waals surface area contributed by atoms with Gasteiger partial charge in [-0.1, -0.05) is 23.7 Å². The minimum absolute atomic E-state index is 0.0244. The molecule has 0 atom stereocenters. The molecule has 100 valence electrons. The van der Waals surface area contributed by atoms with Crippen molar-refractivity contribution >= 4 is 27.5 Å². The lowest BCUT2D eigenvalue weighted by atomic mass is 10.2. The van der Waals surface area contributed by atoms with Crippen molar-refractivity contribution in [2.75, 3.05) is 0 Å². The van der Waals surface area contributed by atoms with Crippen LogP contribution in [0.4, 0.5) is 8.78 Å². The SMILES string of the molecule is Fc1ccc(Br)c(F)c1CNCc1cccc(Cl)c1. The predicted molar refractivity (Wildman–Crippen MR) is 76.1 cm³/mol. The lowest BCUT2D eigenvalue weighted by molar-refractivity contribution is 0.532. The highest BCUT2D eigenvalue weighted by molar-refractivity contribution is 9.10. The Morgan fingerprint density at radius 2 is 1.89 bits per heavy atom. The summed E-state index contributed by atoms with van der Waals surface area (Å²) in [7, 11) is 0. The molecule has 0 fully saturated rings. The zero-order valence-electron chi connectivity index (χ0n) is 9.89. The Balaban J connectivity index is 2.02. The Bertz CT molecular complexity index is 590. The molecule has 5 heteroatoms. The van der Waals surface area contributed by atoms with E-state index in [1.54, 1.807) is 6.07 Å². The van der Waals surface area contributed by atoms with E-state index in [0.29, 0.717) is 11.6 Å². The number of hydrogen-bond acceptors (Lipinski definition) is 1. The van der Waals surface area contributed by atoms with E-state index in [2.05, 4.69) is 21.2 Å². The van der Waals surface area contributed by atoms with Crippen molar-refractivity contribution in [1.82, 2.24) is 5.32 Å². The molecule has 1 nitrogen and oxygen atoms in total. The number of rotatable bonds is 4. The Morgan fingerprint density at radius 3 is 2.63 bits per heavy atom. The molecule has 0 radical (unpaired) electrons. The highest BCUT2D eigenvalue weighted by atomic mass is 79.9. The van der Waals surface area contributed by atoms with Gasteiger partial charge < -0.3 is 5.32 Å². The predicted octanol–water partition coefficient (Wildman–Crippen LogP) is 4.67. The van der Waals surface area contributed by atoms with Gasteiger partial charge in [0.25, 0.3) is 0 Å². The summed E-state index contributed by atoms with van der Waals surface area (Å²) in [5, 5.41) is 3.63. The van der Waals surface area contributed by atoms with Gasteiger partial charge in [0, 0.05) is 23.7 Å². The molecular weight excluding hydrogens is 336 g/mol. The van der Waals surface area contributed by atoms with Gasteiger partial charge in [-0.25, -0.2) is 8.78 Å². The van der Waals surface area contributed by atoms with Crippen molar-refractivity contribution in [2.24, 2.45) is 0 Å². The molecule has 0 unspecified atom stereocenters. The van der Waals surface area contributed by atoms with Crippen molar-refractivity contribution in [3.63, 3.8) is 0 Å². The van der Waals surface area contributed by atoms with Crippen molar-refractivity contribution in [3.05, 3.63) is 68.7 Å². The summed E-state index contributed by atoms with van der Waals surface area (Å²) in [4.78, 5) is 0. The van der Waals surface area contributed by atoms with E-state index in [-0.39, 0.29) is 16.6 Å². The molecule has 0 bridgehead atoms. The highest BCUT2D eigenvalue weighted by Crippen LogP contribution is 2.21. The van der Waals surface area contributed by atoms with Gasteiger partial charge >= 0.3 is 0 Å². The molecule has 0 aliphatic heterocycles. The van der Waals surface area contributed by atoms with Gasteiger partial charge in [-0.2, -0.15) is 0 Å². The second kappa shape index (κ2) is 6.46. The maximum absolute atomic E-state index is 13.7. The third kappa shape index (κ3) is 3.75. The van der Waals surface area contributed by atoms with Crippen LogP contribution < -0.4 is 5.32 Å². The number of benzene rings is 2. The lowest BCUT2D eigenvalue weighted by Crippen LogP contribution is -2.15. The molecule has 0 amide bonds. The van der Waals surface area contributed by atoms with Crippen LogP contribution in [0.2, 0.25) is 5.02 Å². The van der Waals surface area contributed by atoms with Crippen molar-refractivity contribution in [1.29, 1.82) is 0 Å². The van der Waals surface area contributed by atoms with Crippen LogP contribution in [0.25, 0.3) is 0 Å². The zero-order valence-corrected chi connectivity index (χ0v) is 12.2. The molecule has 0 aromatic heterocycles. The summed E-state index contributed by atoms with van der Waals surface area (Å²) in [6.07, 6.45) is 0. The van der Waals surface area contributed by atoms with E-state index in [1.165, 1.54) is 12.1 Å². The van der Waals surface area contributed by atoms with Gasteiger partial charge in [0.1, 0.15) is 11.6 Å². The molecule has 0 saturated heterocycles. The van der Waals surface area contributed by atoms with E-state index in [0.717, 1.165) is 5.56 Å². The molecular formula is C14H11BrClF2N. The van der Waals surface area contributed by atoms with Crippen LogP contribution in [-0.2, 0) is 13.1 Å². The summed E-state index contributed by atoms with van der Waals surface area (Å²) in [6.45, 7) is 0.607. The third-order valence-electron chi connectivity index (χ3n) is 2.66. The van der Waals surface area contributed by atoms with E-state index in [1.807, 2.05) is 18.2 Å². The monoisotopic (exact) mass is 345 g/mol. The van der Waals surface area contributed by atoms with E-state index >= 15 is 0 Å². The fourth-order valence-corrected chi connectivity index (χ4v) is 2.29. The molecule has 0 spiro atoms. The van der Waals surface area contributed by atoms with E-state index < -0.39 is 11.6 Å². The minimum Gasteiger partial charge on any atom is -0.308 e. The van der Waals surface area contributed by atoms with Crippen molar-refractivity contribution < 1.29 is 8.78 Å². The van der Waals surface area contributed by atoms with E-state index in [4.69, 9.17) is 11.6 Å². The van der Waals surface area contributed by atoms with E-state index in [9.17, 15) is 8.78 Å². The molecule has 2 rings (SSSR count). The summed E-state index contributed by atoms with van der Waals surface area (Å²) >= 11 is 8.90. The van der Waals surface area contributed by atoms with Gasteiger partial charge in [-0.3, -0.25) is 0 Å². The van der Waals surface area contributed by atoms with Gasteiger partial charge in [-0.05, 0) is 45.8 Å². The van der Waals surface area contributed by atoms with Gasteiger partial charge in [0.15, 0.2) is 0 Å². The molecule has 2 aromatic carbocycles. The number of halogens is 4. The Labute approximate surface area is 123 Å². The second-order valence-electron chi connectivity index (χ2n) is 4.06. The standard InChI is InChI=1S/C14H11BrClF2N/c15-12-4-5-13(17)11(14(12)18)8-19-7-9-2-1-3-10(16)6-9/h1-6,19H,7-8H2. The maximum Gasteiger partial charge on any atom is 0.144 e. The number of hydrogen-bond donors (Lipinski definition) is 1. The molecule has 0 heterocycles. The molecule has 1 N–H and O–H groups in total. The Kier molecular flexibility index (Phi) is 4.91. The average Bonchev–Trinajstić information content (AvgIpc) is 2.38. The van der Waals surface area contributed by atoms with Crippen LogP contribution in [0.1, 0.15) is 11.1 Å². The smallest absolute Gasteiger partial charge is 0.144 e. The van der Waals surface area contributed by atoms with Crippen LogP contribution in [-0.4, -0.2) is 0 Å². The van der Waals surface area contributed by atoms with Crippen molar-refractivity contribution in [3.8, 4) is 0 Å². The fourth-order valence-electron chi connectivity index (χ4n) is 1.71. The first-order valence-electron chi connectivity index (χ1n) is 5.65. The van der Waals surface area contributed by atoms with Crippen LogP contribution in [0.15, 0.2) is 40.9 Å². The maximum atomic E-state index is 13.7. The largest absolute Gasteiger partial charge is 0.308 e. The third-order valence-corrected chi connectivity index (χ3v) is 3.51. The van der Waals surface area contributed by atoms with Crippen molar-refractivity contribution in [2.45, 2.75) is 13.1 Å². The first-order chi connectivity index (χ1) is 9.08. The highest BCUT2D eigenvalue weighted by Gasteiger charge is 2.11. The first-order valence-corrected chi connectivity index (χ1v) is 6.82. The van der Waals surface area contributed by atoms with Crippen LogP contribution in [0.5, 0.6) is 0 Å². The average molecular weight is 347 g/mol. The fraction of sp³-hybridized carbons (Fsp3) is 0.143. The van der Waals surface area contributed by atoms with Gasteiger partial charge in [0.2, 0.25) is 0 Å². The minimum atomic E-state index is -0.571. The lowest BCUT2D eigenvalue weighted by Gasteiger charge is -2.08.